The van der Waals surface area contributed by atoms with Crippen molar-refractivity contribution in [1.82, 2.24) is 0 Å². The minimum absolute atomic E-state index is 0.110. The van der Waals surface area contributed by atoms with Crippen LogP contribution in [0.1, 0.15) is 43.7 Å². The first-order chi connectivity index (χ1) is 8.33. The zero-order valence-electron chi connectivity index (χ0n) is 9.73. The van der Waals surface area contributed by atoms with E-state index in [4.69, 9.17) is 11.6 Å². The average molecular weight is 250 g/mol. The fourth-order valence-electron chi connectivity index (χ4n) is 2.65. The summed E-state index contributed by atoms with van der Waals surface area (Å²) in [7, 11) is 0. The van der Waals surface area contributed by atoms with E-state index in [0.717, 1.165) is 18.4 Å². The van der Waals surface area contributed by atoms with Crippen molar-refractivity contribution in [2.45, 2.75) is 38.1 Å². The molecule has 1 aromatic rings. The average Bonchev–Trinajstić information content (AvgIpc) is 2.38. The highest BCUT2D eigenvalue weighted by Crippen LogP contribution is 2.39. The smallest absolute Gasteiger partial charge is 0.211 e. The summed E-state index contributed by atoms with van der Waals surface area (Å²) in [5, 5.41) is 0.696. The van der Waals surface area contributed by atoms with E-state index >= 15 is 0 Å². The Kier molecular flexibility index (Phi) is 4.36. The molecule has 0 aromatic heterocycles. The SMILES string of the molecule is O=C=NC(c1ccccc1Cl)C1CCCCC1. The molecule has 0 bridgehead atoms. The zero-order chi connectivity index (χ0) is 12.1. The Hall–Kier alpha value is -1.11. The van der Waals surface area contributed by atoms with Crippen molar-refractivity contribution >= 4 is 17.7 Å². The van der Waals surface area contributed by atoms with Gasteiger partial charge in [-0.2, -0.15) is 4.99 Å². The van der Waals surface area contributed by atoms with Gasteiger partial charge >= 0.3 is 0 Å². The second-order valence-corrected chi connectivity index (χ2v) is 4.99. The number of aliphatic imine (C=N–C) groups is 1. The number of halogens is 1. The second-order valence-electron chi connectivity index (χ2n) is 4.58. The topological polar surface area (TPSA) is 29.4 Å². The minimum atomic E-state index is -0.110. The molecule has 1 saturated carbocycles. The largest absolute Gasteiger partial charge is 0.235 e. The predicted molar refractivity (Wildman–Crippen MR) is 68.9 cm³/mol. The molecule has 1 fully saturated rings. The first kappa shape index (κ1) is 12.3. The Morgan fingerprint density at radius 3 is 2.59 bits per heavy atom. The maximum Gasteiger partial charge on any atom is 0.235 e. The Labute approximate surface area is 107 Å². The van der Waals surface area contributed by atoms with Crippen molar-refractivity contribution < 1.29 is 4.79 Å². The molecule has 1 aromatic carbocycles. The number of benzene rings is 1. The summed E-state index contributed by atoms with van der Waals surface area (Å²) in [6, 6.07) is 7.54. The Balaban J connectivity index is 2.28. The molecule has 90 valence electrons. The van der Waals surface area contributed by atoms with Gasteiger partial charge in [0.1, 0.15) is 0 Å². The lowest BCUT2D eigenvalue weighted by Crippen LogP contribution is -2.15. The van der Waals surface area contributed by atoms with Gasteiger partial charge in [-0.15, -0.1) is 0 Å². The van der Waals surface area contributed by atoms with Gasteiger partial charge in [-0.05, 0) is 30.4 Å². The van der Waals surface area contributed by atoms with E-state index in [1.54, 1.807) is 6.08 Å². The van der Waals surface area contributed by atoms with Crippen LogP contribution in [-0.4, -0.2) is 6.08 Å². The molecule has 0 spiro atoms. The fraction of sp³-hybridized carbons (Fsp3) is 0.500. The molecular formula is C14H16ClNO. The summed E-state index contributed by atoms with van der Waals surface area (Å²) < 4.78 is 0. The van der Waals surface area contributed by atoms with E-state index in [1.165, 1.54) is 19.3 Å². The lowest BCUT2D eigenvalue weighted by molar-refractivity contribution is 0.309. The summed E-state index contributed by atoms with van der Waals surface area (Å²) in [5.41, 5.74) is 0.962. The fourth-order valence-corrected chi connectivity index (χ4v) is 2.90. The third-order valence-electron chi connectivity index (χ3n) is 3.51. The van der Waals surface area contributed by atoms with E-state index in [9.17, 15) is 4.79 Å². The molecule has 3 heteroatoms. The molecule has 0 saturated heterocycles. The van der Waals surface area contributed by atoms with Crippen LogP contribution in [0.4, 0.5) is 0 Å². The van der Waals surface area contributed by atoms with Crippen molar-refractivity contribution in [3.63, 3.8) is 0 Å². The zero-order valence-corrected chi connectivity index (χ0v) is 10.5. The molecule has 17 heavy (non-hydrogen) atoms. The van der Waals surface area contributed by atoms with Crippen LogP contribution in [0.15, 0.2) is 29.3 Å². The van der Waals surface area contributed by atoms with Crippen molar-refractivity contribution in [3.05, 3.63) is 34.9 Å². The van der Waals surface area contributed by atoms with Gasteiger partial charge < -0.3 is 0 Å². The number of rotatable bonds is 3. The van der Waals surface area contributed by atoms with E-state index < -0.39 is 0 Å². The summed E-state index contributed by atoms with van der Waals surface area (Å²) in [6.07, 6.45) is 7.69. The van der Waals surface area contributed by atoms with Crippen molar-refractivity contribution in [3.8, 4) is 0 Å². The van der Waals surface area contributed by atoms with Crippen molar-refractivity contribution in [2.75, 3.05) is 0 Å². The quantitative estimate of drug-likeness (QED) is 0.580. The molecule has 1 atom stereocenters. The van der Waals surface area contributed by atoms with Gasteiger partial charge in [0.2, 0.25) is 6.08 Å². The van der Waals surface area contributed by atoms with Gasteiger partial charge in [-0.1, -0.05) is 49.1 Å². The van der Waals surface area contributed by atoms with E-state index in [0.29, 0.717) is 10.9 Å². The third kappa shape index (κ3) is 2.96. The van der Waals surface area contributed by atoms with Gasteiger partial charge in [0.15, 0.2) is 0 Å². The first-order valence-electron chi connectivity index (χ1n) is 6.14. The van der Waals surface area contributed by atoms with Crippen molar-refractivity contribution in [2.24, 2.45) is 10.9 Å². The summed E-state index contributed by atoms with van der Waals surface area (Å²) >= 11 is 6.18. The molecule has 2 nitrogen and oxygen atoms in total. The molecule has 0 amide bonds. The minimum Gasteiger partial charge on any atom is -0.211 e. The number of isocyanates is 1. The van der Waals surface area contributed by atoms with Crippen LogP contribution in [0.2, 0.25) is 5.02 Å². The number of hydrogen-bond donors (Lipinski definition) is 0. The van der Waals surface area contributed by atoms with Crippen LogP contribution < -0.4 is 0 Å². The maximum absolute atomic E-state index is 10.6. The summed E-state index contributed by atoms with van der Waals surface area (Å²) in [6.45, 7) is 0. The number of hydrogen-bond acceptors (Lipinski definition) is 2. The van der Waals surface area contributed by atoms with Gasteiger partial charge in [0.25, 0.3) is 0 Å². The Morgan fingerprint density at radius 2 is 1.94 bits per heavy atom. The molecule has 0 heterocycles. The monoisotopic (exact) mass is 249 g/mol. The molecule has 2 rings (SSSR count). The van der Waals surface area contributed by atoms with E-state index in [1.807, 2.05) is 24.3 Å². The molecule has 1 unspecified atom stereocenters. The van der Waals surface area contributed by atoms with Crippen LogP contribution >= 0.6 is 11.6 Å². The molecule has 1 aliphatic carbocycles. The van der Waals surface area contributed by atoms with Gasteiger partial charge in [0, 0.05) is 5.02 Å². The third-order valence-corrected chi connectivity index (χ3v) is 3.86. The van der Waals surface area contributed by atoms with E-state index in [-0.39, 0.29) is 6.04 Å². The highest BCUT2D eigenvalue weighted by Gasteiger charge is 2.26. The molecule has 1 aliphatic rings. The summed E-state index contributed by atoms with van der Waals surface area (Å²) in [5.74, 6) is 0.435. The number of nitrogens with zero attached hydrogens (tertiary/aromatic N) is 1. The lowest BCUT2D eigenvalue weighted by Gasteiger charge is -2.27. The van der Waals surface area contributed by atoms with Crippen LogP contribution in [0.3, 0.4) is 0 Å². The molecule has 0 radical (unpaired) electrons. The van der Waals surface area contributed by atoms with Gasteiger partial charge in [-0.25, -0.2) is 4.79 Å². The lowest BCUT2D eigenvalue weighted by atomic mass is 9.81. The van der Waals surface area contributed by atoms with Gasteiger partial charge in [-0.3, -0.25) is 0 Å². The highest BCUT2D eigenvalue weighted by atomic mass is 35.5. The molecule has 0 aliphatic heterocycles. The van der Waals surface area contributed by atoms with Crippen LogP contribution in [0.5, 0.6) is 0 Å². The predicted octanol–water partition coefficient (Wildman–Crippen LogP) is 4.30. The van der Waals surface area contributed by atoms with Crippen molar-refractivity contribution in [1.29, 1.82) is 0 Å². The van der Waals surface area contributed by atoms with E-state index in [2.05, 4.69) is 4.99 Å². The Bertz CT molecular complexity index is 420. The Morgan fingerprint density at radius 1 is 1.24 bits per heavy atom. The van der Waals surface area contributed by atoms with Crippen LogP contribution in [0, 0.1) is 5.92 Å². The summed E-state index contributed by atoms with van der Waals surface area (Å²) in [4.78, 5) is 14.6. The molecular weight excluding hydrogens is 234 g/mol. The van der Waals surface area contributed by atoms with Gasteiger partial charge in [0.05, 0.1) is 6.04 Å². The first-order valence-corrected chi connectivity index (χ1v) is 6.52. The maximum atomic E-state index is 10.6. The second kappa shape index (κ2) is 6.00. The standard InChI is InChI=1S/C14H16ClNO/c15-13-9-5-4-8-12(13)14(16-10-17)11-6-2-1-3-7-11/h4-5,8-9,11,14H,1-3,6-7H2. The number of carbonyl (C=O) groups excluding carboxylic acids is 1. The van der Waals surface area contributed by atoms with Crippen LogP contribution in [-0.2, 0) is 4.79 Å². The highest BCUT2D eigenvalue weighted by molar-refractivity contribution is 6.31. The van der Waals surface area contributed by atoms with Crippen LogP contribution in [0.25, 0.3) is 0 Å². The molecule has 0 N–H and O–H groups in total. The normalized spacial score (nSPS) is 18.4.